The van der Waals surface area contributed by atoms with E-state index >= 15 is 0 Å². The largest absolute Gasteiger partial charge is 0.457 e. The van der Waals surface area contributed by atoms with Gasteiger partial charge in [-0.05, 0) is 44.9 Å². The Bertz CT molecular complexity index is 1070. The third-order valence-corrected chi connectivity index (χ3v) is 10.3. The molecule has 0 aromatic heterocycles. The van der Waals surface area contributed by atoms with E-state index < -0.39 is 59.8 Å². The number of allylic oxidation sites excluding steroid dienone is 4. The van der Waals surface area contributed by atoms with Crippen LogP contribution in [-0.2, 0) is 38.3 Å². The summed E-state index contributed by atoms with van der Waals surface area (Å²) in [6.45, 7) is 3.95. The fourth-order valence-corrected chi connectivity index (χ4v) is 7.03. The van der Waals surface area contributed by atoms with Crippen LogP contribution in [-0.4, -0.2) is 97.5 Å². The normalized spacial score (nSPS) is 21.2. The first-order chi connectivity index (χ1) is 26.6. The minimum atomic E-state index is -5.06. The third-order valence-electron chi connectivity index (χ3n) is 9.83. The SMILES string of the molecule is CCCCCC/C=C\C/C=C\CCCCCCCC(=O)OC(COCCCCCCCCCCCCCC)COC1OC(CO)C(O)C(OS(=O)(=O)O)C1O. The minimum Gasteiger partial charge on any atom is -0.457 e. The average molecular weight is 807 g/mol. The fraction of sp³-hybridized carbons (Fsp3) is 0.881. The van der Waals surface area contributed by atoms with E-state index in [4.69, 9.17) is 23.5 Å². The lowest BCUT2D eigenvalue weighted by molar-refractivity contribution is -0.301. The highest BCUT2D eigenvalue weighted by molar-refractivity contribution is 7.80. The Morgan fingerprint density at radius 2 is 1.20 bits per heavy atom. The van der Waals surface area contributed by atoms with Crippen LogP contribution in [0.4, 0.5) is 0 Å². The Hall–Kier alpha value is -1.42. The Morgan fingerprint density at radius 1 is 0.691 bits per heavy atom. The van der Waals surface area contributed by atoms with Crippen LogP contribution in [0.2, 0.25) is 0 Å². The molecule has 1 rings (SSSR count). The highest BCUT2D eigenvalue weighted by Crippen LogP contribution is 2.26. The molecule has 0 aromatic carbocycles. The molecule has 4 N–H and O–H groups in total. The van der Waals surface area contributed by atoms with Gasteiger partial charge in [-0.15, -0.1) is 0 Å². The van der Waals surface area contributed by atoms with Crippen LogP contribution >= 0.6 is 0 Å². The Morgan fingerprint density at radius 3 is 1.75 bits per heavy atom. The van der Waals surface area contributed by atoms with Gasteiger partial charge in [0.2, 0.25) is 0 Å². The quantitative estimate of drug-likeness (QED) is 0.0204. The number of esters is 1. The van der Waals surface area contributed by atoms with E-state index in [2.05, 4.69) is 42.3 Å². The zero-order valence-corrected chi connectivity index (χ0v) is 35.1. The number of hydrogen-bond acceptors (Lipinski definition) is 11. The number of unbranched alkanes of at least 4 members (excludes halogenated alkanes) is 20. The molecule has 1 fully saturated rings. The molecule has 1 saturated heterocycles. The summed E-state index contributed by atoms with van der Waals surface area (Å²) in [5, 5.41) is 30.6. The molecule has 0 bridgehead atoms. The van der Waals surface area contributed by atoms with Gasteiger partial charge in [0.15, 0.2) is 6.29 Å². The molecule has 1 heterocycles. The van der Waals surface area contributed by atoms with E-state index in [0.717, 1.165) is 57.8 Å². The molecule has 0 aromatic rings. The van der Waals surface area contributed by atoms with E-state index in [1.165, 1.54) is 89.9 Å². The molecule has 1 aliphatic rings. The average Bonchev–Trinajstić information content (AvgIpc) is 3.15. The van der Waals surface area contributed by atoms with Crippen molar-refractivity contribution in [2.24, 2.45) is 0 Å². The van der Waals surface area contributed by atoms with Gasteiger partial charge in [0, 0.05) is 13.0 Å². The summed E-state index contributed by atoms with van der Waals surface area (Å²) in [6.07, 6.45) is 27.8. The smallest absolute Gasteiger partial charge is 0.397 e. The molecular formula is C42H78O12S. The van der Waals surface area contributed by atoms with E-state index in [0.29, 0.717) is 13.0 Å². The first-order valence-electron chi connectivity index (χ1n) is 21.6. The summed E-state index contributed by atoms with van der Waals surface area (Å²) in [7, 11) is -5.06. The van der Waals surface area contributed by atoms with Crippen molar-refractivity contribution < 1.29 is 56.2 Å². The minimum absolute atomic E-state index is 0.0336. The maximum atomic E-state index is 12.8. The molecule has 0 aliphatic carbocycles. The van der Waals surface area contributed by atoms with Gasteiger partial charge in [0.05, 0.1) is 19.8 Å². The summed E-state index contributed by atoms with van der Waals surface area (Å²) in [6, 6.07) is 0. The number of hydrogen-bond donors (Lipinski definition) is 4. The van der Waals surface area contributed by atoms with Gasteiger partial charge in [-0.3, -0.25) is 9.35 Å². The standard InChI is InChI=1S/C42H78O12S/c1-3-5-7-9-11-13-15-17-18-19-20-21-23-25-27-29-31-38(44)52-36(34-50-32-30-28-26-24-22-16-14-12-10-8-6-4-2)35-51-42-40(46)41(54-55(47,48)49)39(45)37(33-43)53-42/h13,15,18-19,36-37,39-43,45-46H,3-12,14,16-17,20-35H2,1-2H3,(H,47,48,49)/b15-13-,19-18-. The second kappa shape index (κ2) is 34.6. The Labute approximate surface area is 333 Å². The van der Waals surface area contributed by atoms with Gasteiger partial charge in [0.1, 0.15) is 30.5 Å². The number of aliphatic hydroxyl groups is 3. The first-order valence-corrected chi connectivity index (χ1v) is 23.0. The van der Waals surface area contributed by atoms with E-state index in [1.807, 2.05) is 0 Å². The van der Waals surface area contributed by atoms with Crippen molar-refractivity contribution in [1.29, 1.82) is 0 Å². The van der Waals surface area contributed by atoms with Crippen molar-refractivity contribution >= 4 is 16.4 Å². The van der Waals surface area contributed by atoms with Crippen molar-refractivity contribution in [2.45, 2.75) is 211 Å². The van der Waals surface area contributed by atoms with Crippen LogP contribution in [0.15, 0.2) is 24.3 Å². The lowest BCUT2D eigenvalue weighted by Crippen LogP contribution is -2.60. The van der Waals surface area contributed by atoms with Crippen molar-refractivity contribution in [3.8, 4) is 0 Å². The number of carbonyl (C=O) groups is 1. The molecule has 12 nitrogen and oxygen atoms in total. The van der Waals surface area contributed by atoms with Crippen LogP contribution in [0.5, 0.6) is 0 Å². The molecule has 324 valence electrons. The molecule has 0 spiro atoms. The summed E-state index contributed by atoms with van der Waals surface area (Å²) in [5.74, 6) is -0.412. The van der Waals surface area contributed by atoms with Crippen LogP contribution in [0.3, 0.4) is 0 Å². The van der Waals surface area contributed by atoms with Crippen molar-refractivity contribution in [1.82, 2.24) is 0 Å². The van der Waals surface area contributed by atoms with E-state index in [-0.39, 0.29) is 19.6 Å². The van der Waals surface area contributed by atoms with E-state index in [9.17, 15) is 28.5 Å². The lowest BCUT2D eigenvalue weighted by Gasteiger charge is -2.41. The van der Waals surface area contributed by atoms with Gasteiger partial charge in [-0.2, -0.15) is 8.42 Å². The number of carbonyl (C=O) groups excluding carboxylic acids is 1. The Balaban J connectivity index is 2.47. The molecule has 55 heavy (non-hydrogen) atoms. The number of rotatable bonds is 37. The van der Waals surface area contributed by atoms with Gasteiger partial charge < -0.3 is 34.3 Å². The summed E-state index contributed by atoms with van der Waals surface area (Å²) in [5.41, 5.74) is 0. The second-order valence-corrected chi connectivity index (χ2v) is 16.0. The molecule has 6 unspecified atom stereocenters. The summed E-state index contributed by atoms with van der Waals surface area (Å²) in [4.78, 5) is 12.8. The fourth-order valence-electron chi connectivity index (χ4n) is 6.53. The predicted octanol–water partition coefficient (Wildman–Crippen LogP) is 8.46. The molecule has 1 aliphatic heterocycles. The van der Waals surface area contributed by atoms with Crippen molar-refractivity contribution in [3.63, 3.8) is 0 Å². The molecular weight excluding hydrogens is 729 g/mol. The summed E-state index contributed by atoms with van der Waals surface area (Å²) >= 11 is 0. The van der Waals surface area contributed by atoms with Gasteiger partial charge >= 0.3 is 16.4 Å². The molecule has 0 amide bonds. The lowest BCUT2D eigenvalue weighted by atomic mass is 9.99. The molecule has 0 saturated carbocycles. The van der Waals surface area contributed by atoms with Gasteiger partial charge in [-0.25, -0.2) is 4.18 Å². The zero-order chi connectivity index (χ0) is 40.4. The van der Waals surface area contributed by atoms with Gasteiger partial charge in [0.25, 0.3) is 0 Å². The zero-order valence-electron chi connectivity index (χ0n) is 34.2. The monoisotopic (exact) mass is 807 g/mol. The van der Waals surface area contributed by atoms with Crippen LogP contribution in [0, 0.1) is 0 Å². The number of ether oxygens (including phenoxy) is 4. The molecule has 13 heteroatoms. The second-order valence-electron chi connectivity index (χ2n) is 14.9. The maximum Gasteiger partial charge on any atom is 0.397 e. The van der Waals surface area contributed by atoms with E-state index in [1.54, 1.807) is 0 Å². The maximum absolute atomic E-state index is 12.8. The topological polar surface area (TPSA) is 178 Å². The molecule has 6 atom stereocenters. The van der Waals surface area contributed by atoms with Crippen molar-refractivity contribution in [3.05, 3.63) is 24.3 Å². The molecule has 0 radical (unpaired) electrons. The summed E-state index contributed by atoms with van der Waals surface area (Å²) < 4.78 is 58.9. The highest BCUT2D eigenvalue weighted by atomic mass is 32.3. The Kier molecular flexibility index (Phi) is 32.5. The van der Waals surface area contributed by atoms with Crippen molar-refractivity contribution in [2.75, 3.05) is 26.4 Å². The first kappa shape index (κ1) is 51.6. The van der Waals surface area contributed by atoms with Gasteiger partial charge in [-0.1, -0.05) is 147 Å². The third kappa shape index (κ3) is 28.6. The number of aliphatic hydroxyl groups excluding tert-OH is 3. The predicted molar refractivity (Wildman–Crippen MR) is 216 cm³/mol. The highest BCUT2D eigenvalue weighted by Gasteiger charge is 2.48. The van der Waals surface area contributed by atoms with Crippen LogP contribution in [0.1, 0.15) is 174 Å². The van der Waals surface area contributed by atoms with Crippen LogP contribution in [0.25, 0.3) is 0 Å². The van der Waals surface area contributed by atoms with Crippen LogP contribution < -0.4 is 0 Å².